The lowest BCUT2D eigenvalue weighted by molar-refractivity contribution is -0.130. The summed E-state index contributed by atoms with van der Waals surface area (Å²) in [7, 11) is 4.69. The minimum absolute atomic E-state index is 0.0263. The van der Waals surface area contributed by atoms with Crippen LogP contribution in [0.1, 0.15) is 39.1 Å². The fourth-order valence-electron chi connectivity index (χ4n) is 5.30. The van der Waals surface area contributed by atoms with Gasteiger partial charge in [0.1, 0.15) is 11.6 Å². The first-order chi connectivity index (χ1) is 23.4. The van der Waals surface area contributed by atoms with E-state index in [1.165, 1.54) is 28.9 Å². The second kappa shape index (κ2) is 14.7. The molecule has 1 N–H and O–H groups in total. The Balaban J connectivity index is 1.25. The number of thioether (sulfide) groups is 1. The molecule has 48 heavy (non-hydrogen) atoms. The van der Waals surface area contributed by atoms with Crippen molar-refractivity contribution in [1.82, 2.24) is 25.1 Å². The molecular formula is C34H31FN6O5S2. The highest BCUT2D eigenvalue weighted by molar-refractivity contribution is 7.99. The van der Waals surface area contributed by atoms with Crippen LogP contribution >= 0.6 is 23.1 Å². The molecule has 1 atom stereocenters. The van der Waals surface area contributed by atoms with E-state index in [4.69, 9.17) is 19.3 Å². The first kappa shape index (κ1) is 32.7. The number of rotatable bonds is 12. The molecule has 3 heterocycles. The molecule has 0 fully saturated rings. The molecule has 1 aliphatic heterocycles. The third-order valence-corrected chi connectivity index (χ3v) is 9.47. The van der Waals surface area contributed by atoms with E-state index in [9.17, 15) is 14.0 Å². The van der Waals surface area contributed by atoms with Crippen molar-refractivity contribution in [3.05, 3.63) is 112 Å². The number of amides is 2. The molecule has 1 aliphatic rings. The Hall–Kier alpha value is -5.21. The maximum absolute atomic E-state index is 13.9. The van der Waals surface area contributed by atoms with Crippen molar-refractivity contribution in [2.75, 3.05) is 27.1 Å². The van der Waals surface area contributed by atoms with Crippen molar-refractivity contribution in [2.45, 2.75) is 24.2 Å². The van der Waals surface area contributed by atoms with E-state index in [2.05, 4.69) is 15.5 Å². The van der Waals surface area contributed by atoms with Crippen molar-refractivity contribution >= 4 is 40.6 Å². The summed E-state index contributed by atoms with van der Waals surface area (Å²) in [5.74, 6) is 1.12. The van der Waals surface area contributed by atoms with Gasteiger partial charge in [0.2, 0.25) is 0 Å². The first-order valence-electron chi connectivity index (χ1n) is 14.8. The summed E-state index contributed by atoms with van der Waals surface area (Å²) >= 11 is 2.72. The maximum Gasteiger partial charge on any atom is 0.253 e. The fourth-order valence-corrected chi connectivity index (χ4v) is 6.85. The number of carbonyl (C=O) groups is 2. The van der Waals surface area contributed by atoms with Crippen LogP contribution in [0.25, 0.3) is 5.69 Å². The molecule has 3 aromatic carbocycles. The van der Waals surface area contributed by atoms with Gasteiger partial charge in [0.15, 0.2) is 22.5 Å². The second-order valence-corrected chi connectivity index (χ2v) is 12.4. The number of halogens is 1. The van der Waals surface area contributed by atoms with E-state index in [1.54, 1.807) is 79.7 Å². The molecular weight excluding hydrogens is 656 g/mol. The number of thiophene rings is 1. The van der Waals surface area contributed by atoms with E-state index >= 15 is 0 Å². The number of hydrazone groups is 1. The minimum Gasteiger partial charge on any atom is -0.497 e. The molecule has 246 valence electrons. The Bertz CT molecular complexity index is 1930. The predicted molar refractivity (Wildman–Crippen MR) is 181 cm³/mol. The zero-order valence-corrected chi connectivity index (χ0v) is 27.9. The molecule has 2 aromatic heterocycles. The van der Waals surface area contributed by atoms with Gasteiger partial charge < -0.3 is 19.5 Å². The normalized spacial score (nSPS) is 14.0. The summed E-state index contributed by atoms with van der Waals surface area (Å²) in [5.41, 5.74) is 2.58. The molecule has 14 heteroatoms. The highest BCUT2D eigenvalue weighted by atomic mass is 32.2. The molecule has 1 unspecified atom stereocenters. The summed E-state index contributed by atoms with van der Waals surface area (Å²) in [6.45, 7) is 0.0298. The van der Waals surface area contributed by atoms with E-state index in [1.807, 2.05) is 29.6 Å². The number of carbonyl (C=O) groups excluding carboxylic acids is 2. The molecule has 0 bridgehead atoms. The van der Waals surface area contributed by atoms with Crippen LogP contribution in [0.4, 0.5) is 4.39 Å². The standard InChI is InChI=1S/C34H31FN6O5S2/c1-44-24-15-9-21(10-16-24)33(43)36-19-30-37-38-34(40(30)23-13-11-22(35)12-14-23)48-20-31(42)41-27(18-26(39-41)29-8-5-17-47-29)25-6-4-7-28(45-2)32(25)46-3/h4-17,27H,18-20H2,1-3H3,(H,36,43). The van der Waals surface area contributed by atoms with E-state index in [0.29, 0.717) is 45.9 Å². The Morgan fingerprint density at radius 1 is 0.958 bits per heavy atom. The van der Waals surface area contributed by atoms with Gasteiger partial charge in [0.25, 0.3) is 11.8 Å². The fraction of sp³-hybridized carbons (Fsp3) is 0.206. The molecule has 0 radical (unpaired) electrons. The van der Waals surface area contributed by atoms with Crippen LogP contribution in [0.2, 0.25) is 0 Å². The lowest BCUT2D eigenvalue weighted by Gasteiger charge is -2.24. The maximum atomic E-state index is 13.9. The second-order valence-electron chi connectivity index (χ2n) is 10.5. The Labute approximate surface area is 284 Å². The zero-order valence-electron chi connectivity index (χ0n) is 26.3. The van der Waals surface area contributed by atoms with Crippen LogP contribution in [-0.2, 0) is 11.3 Å². The van der Waals surface area contributed by atoms with Crippen LogP contribution in [-0.4, -0.2) is 64.4 Å². The van der Waals surface area contributed by atoms with Gasteiger partial charge in [-0.1, -0.05) is 30.0 Å². The summed E-state index contributed by atoms with van der Waals surface area (Å²) in [4.78, 5) is 27.8. The van der Waals surface area contributed by atoms with Gasteiger partial charge >= 0.3 is 0 Å². The van der Waals surface area contributed by atoms with E-state index < -0.39 is 11.9 Å². The van der Waals surface area contributed by atoms with Crippen molar-refractivity contribution in [3.8, 4) is 22.9 Å². The van der Waals surface area contributed by atoms with Gasteiger partial charge in [-0.2, -0.15) is 5.10 Å². The summed E-state index contributed by atoms with van der Waals surface area (Å²) in [5, 5.41) is 20.1. The molecule has 6 rings (SSSR count). The number of para-hydroxylation sites is 1. The average Bonchev–Trinajstić information content (AvgIpc) is 3.90. The minimum atomic E-state index is -0.432. The Morgan fingerprint density at radius 3 is 2.44 bits per heavy atom. The van der Waals surface area contributed by atoms with Gasteiger partial charge in [-0.25, -0.2) is 9.40 Å². The molecule has 11 nitrogen and oxygen atoms in total. The molecule has 0 spiro atoms. The van der Waals surface area contributed by atoms with Gasteiger partial charge in [-0.3, -0.25) is 14.2 Å². The monoisotopic (exact) mass is 686 g/mol. The summed E-state index contributed by atoms with van der Waals surface area (Å²) in [6.07, 6.45) is 0.490. The zero-order chi connectivity index (χ0) is 33.6. The van der Waals surface area contributed by atoms with Crippen molar-refractivity contribution < 1.29 is 28.2 Å². The van der Waals surface area contributed by atoms with Crippen LogP contribution in [0.3, 0.4) is 0 Å². The number of methoxy groups -OCH3 is 3. The highest BCUT2D eigenvalue weighted by Crippen LogP contribution is 2.42. The first-order valence-corrected chi connectivity index (χ1v) is 16.7. The summed E-state index contributed by atoms with van der Waals surface area (Å²) in [6, 6.07) is 21.6. The quantitative estimate of drug-likeness (QED) is 0.161. The topological polar surface area (TPSA) is 120 Å². The van der Waals surface area contributed by atoms with Gasteiger partial charge in [0.05, 0.1) is 50.3 Å². The number of hydrogen-bond donors (Lipinski definition) is 1. The smallest absolute Gasteiger partial charge is 0.253 e. The van der Waals surface area contributed by atoms with E-state index in [-0.39, 0.29) is 24.1 Å². The molecule has 0 aliphatic carbocycles. The highest BCUT2D eigenvalue weighted by Gasteiger charge is 2.36. The average molecular weight is 687 g/mol. The molecule has 0 saturated heterocycles. The third-order valence-electron chi connectivity index (χ3n) is 7.63. The Kier molecular flexibility index (Phi) is 10.0. The van der Waals surface area contributed by atoms with Crippen LogP contribution < -0.4 is 19.5 Å². The number of aromatic nitrogens is 3. The van der Waals surface area contributed by atoms with Gasteiger partial charge in [-0.05, 0) is 66.0 Å². The summed E-state index contributed by atoms with van der Waals surface area (Å²) < 4.78 is 32.0. The Morgan fingerprint density at radius 2 is 1.75 bits per heavy atom. The number of ether oxygens (including phenoxy) is 3. The van der Waals surface area contributed by atoms with Crippen molar-refractivity contribution in [2.24, 2.45) is 5.10 Å². The SMILES string of the molecule is COc1ccc(C(=O)NCc2nnc(SCC(=O)N3N=C(c4cccs4)CC3c3cccc(OC)c3OC)n2-c2ccc(F)cc2)cc1. The van der Waals surface area contributed by atoms with Crippen LogP contribution in [0, 0.1) is 5.82 Å². The number of hydrogen-bond acceptors (Lipinski definition) is 10. The number of benzene rings is 3. The van der Waals surface area contributed by atoms with Crippen LogP contribution in [0.5, 0.6) is 17.2 Å². The van der Waals surface area contributed by atoms with Crippen molar-refractivity contribution in [1.29, 1.82) is 0 Å². The van der Waals surface area contributed by atoms with Crippen molar-refractivity contribution in [3.63, 3.8) is 0 Å². The lowest BCUT2D eigenvalue weighted by atomic mass is 9.99. The largest absolute Gasteiger partial charge is 0.497 e. The molecule has 0 saturated carbocycles. The third kappa shape index (κ3) is 6.89. The predicted octanol–water partition coefficient (Wildman–Crippen LogP) is 5.89. The van der Waals surface area contributed by atoms with Gasteiger partial charge in [-0.15, -0.1) is 21.5 Å². The van der Waals surface area contributed by atoms with Crippen LogP contribution in [0.15, 0.2) is 94.5 Å². The van der Waals surface area contributed by atoms with Gasteiger partial charge in [0, 0.05) is 23.2 Å². The van der Waals surface area contributed by atoms with E-state index in [0.717, 1.165) is 16.2 Å². The molecule has 2 amide bonds. The number of nitrogens with zero attached hydrogens (tertiary/aromatic N) is 5. The lowest BCUT2D eigenvalue weighted by Crippen LogP contribution is -2.29. The number of nitrogens with one attached hydrogen (secondary N) is 1. The molecule has 5 aromatic rings.